The minimum Gasteiger partial charge on any atom is -0.494 e. The smallest absolute Gasteiger partial charge is 0.238 e. The van der Waals surface area contributed by atoms with E-state index >= 15 is 0 Å². The van der Waals surface area contributed by atoms with E-state index in [0.717, 1.165) is 51.4 Å². The fourth-order valence-electron chi connectivity index (χ4n) is 4.52. The summed E-state index contributed by atoms with van der Waals surface area (Å²) in [5.41, 5.74) is 0.628. The first-order valence-electron chi connectivity index (χ1n) is 11.2. The number of fused-ring (bicyclic) bond motifs is 2. The number of benzene rings is 1. The molecule has 0 aromatic heterocycles. The highest BCUT2D eigenvalue weighted by molar-refractivity contribution is 7.93. The lowest BCUT2D eigenvalue weighted by atomic mass is 10.1. The van der Waals surface area contributed by atoms with E-state index in [0.29, 0.717) is 18.7 Å². The van der Waals surface area contributed by atoms with Gasteiger partial charge in [-0.2, -0.15) is 5.26 Å². The molecule has 0 amide bonds. The second kappa shape index (κ2) is 10.4. The number of primary sulfonamides is 1. The van der Waals surface area contributed by atoms with Crippen LogP contribution in [-0.4, -0.2) is 94.0 Å². The summed E-state index contributed by atoms with van der Waals surface area (Å²) >= 11 is 0. The summed E-state index contributed by atoms with van der Waals surface area (Å²) in [5, 5.41) is 15.7. The van der Waals surface area contributed by atoms with Crippen molar-refractivity contribution in [3.8, 4) is 11.8 Å². The van der Waals surface area contributed by atoms with Crippen LogP contribution in [0, 0.1) is 11.3 Å². The molecule has 10 nitrogen and oxygen atoms in total. The standard InChI is InChI=1S/C22H31N5O5S/c1-17-22(33(24,28)29)16-27(32-17)9-8-26-14-20-12-25(13-21(15-26)31-20)7-2-10-30-19-5-3-18(11-23)4-6-19/h3-6,16-17,20-21H,2,7-10,12-15H2,1H3,(H2,24,28,29). The lowest BCUT2D eigenvalue weighted by Gasteiger charge is -2.46. The molecule has 180 valence electrons. The Labute approximate surface area is 195 Å². The number of nitriles is 1. The Hall–Kier alpha value is -2.20. The third-order valence-corrected chi connectivity index (χ3v) is 7.13. The van der Waals surface area contributed by atoms with Crippen molar-refractivity contribution in [2.24, 2.45) is 5.14 Å². The molecular weight excluding hydrogens is 446 g/mol. The van der Waals surface area contributed by atoms with Crippen molar-refractivity contribution in [2.45, 2.75) is 31.7 Å². The molecule has 2 N–H and O–H groups in total. The Morgan fingerprint density at radius 2 is 1.73 bits per heavy atom. The van der Waals surface area contributed by atoms with Crippen molar-refractivity contribution in [2.75, 3.05) is 52.4 Å². The van der Waals surface area contributed by atoms with Crippen molar-refractivity contribution in [3.63, 3.8) is 0 Å². The van der Waals surface area contributed by atoms with Gasteiger partial charge in [0.25, 0.3) is 0 Å². The van der Waals surface area contributed by atoms with Gasteiger partial charge in [0.05, 0.1) is 37.0 Å². The fraction of sp³-hybridized carbons (Fsp3) is 0.591. The Balaban J connectivity index is 1.16. The number of morpholine rings is 2. The highest BCUT2D eigenvalue weighted by atomic mass is 32.2. The zero-order valence-electron chi connectivity index (χ0n) is 18.8. The van der Waals surface area contributed by atoms with Crippen LogP contribution in [0.5, 0.6) is 5.75 Å². The normalized spacial score (nSPS) is 26.2. The van der Waals surface area contributed by atoms with Crippen molar-refractivity contribution >= 4 is 10.0 Å². The zero-order valence-corrected chi connectivity index (χ0v) is 19.6. The van der Waals surface area contributed by atoms with Gasteiger partial charge in [0.15, 0.2) is 0 Å². The van der Waals surface area contributed by atoms with Crippen molar-refractivity contribution in [1.29, 1.82) is 5.26 Å². The number of nitrogens with two attached hydrogens (primary N) is 1. The molecule has 3 heterocycles. The molecule has 33 heavy (non-hydrogen) atoms. The summed E-state index contributed by atoms with van der Waals surface area (Å²) in [5.74, 6) is 0.783. The van der Waals surface area contributed by atoms with E-state index < -0.39 is 16.1 Å². The minimum absolute atomic E-state index is 0.111. The van der Waals surface area contributed by atoms with E-state index in [4.69, 9.17) is 24.7 Å². The van der Waals surface area contributed by atoms with Crippen molar-refractivity contribution in [1.82, 2.24) is 14.9 Å². The van der Waals surface area contributed by atoms with Gasteiger partial charge in [-0.1, -0.05) is 0 Å². The predicted molar refractivity (Wildman–Crippen MR) is 121 cm³/mol. The van der Waals surface area contributed by atoms with Crippen molar-refractivity contribution in [3.05, 3.63) is 40.9 Å². The summed E-state index contributed by atoms with van der Waals surface area (Å²) in [4.78, 5) is 10.5. The molecule has 0 radical (unpaired) electrons. The van der Waals surface area contributed by atoms with Gasteiger partial charge in [-0.05, 0) is 37.6 Å². The molecule has 3 aliphatic rings. The van der Waals surface area contributed by atoms with Gasteiger partial charge in [0.2, 0.25) is 10.0 Å². The lowest BCUT2D eigenvalue weighted by molar-refractivity contribution is -0.152. The van der Waals surface area contributed by atoms with Crippen LogP contribution >= 0.6 is 0 Å². The molecule has 0 spiro atoms. The van der Waals surface area contributed by atoms with Gasteiger partial charge in [0, 0.05) is 45.5 Å². The van der Waals surface area contributed by atoms with Crippen LogP contribution in [0.1, 0.15) is 18.9 Å². The average molecular weight is 478 g/mol. The molecule has 3 atom stereocenters. The molecule has 0 saturated carbocycles. The molecule has 2 bridgehead atoms. The average Bonchev–Trinajstić information content (AvgIpc) is 3.16. The summed E-state index contributed by atoms with van der Waals surface area (Å²) in [7, 11) is -3.74. The Bertz CT molecular complexity index is 979. The van der Waals surface area contributed by atoms with E-state index in [1.165, 1.54) is 6.20 Å². The maximum absolute atomic E-state index is 11.6. The number of hydrogen-bond donors (Lipinski definition) is 1. The van der Waals surface area contributed by atoms with Crippen LogP contribution in [0.4, 0.5) is 0 Å². The van der Waals surface area contributed by atoms with Crippen LogP contribution in [0.15, 0.2) is 35.4 Å². The molecule has 2 saturated heterocycles. The number of sulfonamides is 1. The van der Waals surface area contributed by atoms with Crippen LogP contribution in [0.3, 0.4) is 0 Å². The van der Waals surface area contributed by atoms with E-state index in [1.54, 1.807) is 24.1 Å². The third kappa shape index (κ3) is 6.44. The fourth-order valence-corrected chi connectivity index (χ4v) is 5.29. The quantitative estimate of drug-likeness (QED) is 0.506. The Kier molecular flexibility index (Phi) is 7.53. The van der Waals surface area contributed by atoms with Gasteiger partial charge in [-0.3, -0.25) is 19.7 Å². The number of nitrogens with zero attached hydrogens (tertiary/aromatic N) is 4. The topological polar surface area (TPSA) is 121 Å². The van der Waals surface area contributed by atoms with Crippen LogP contribution in [0.25, 0.3) is 0 Å². The molecular formula is C22H31N5O5S. The van der Waals surface area contributed by atoms with Gasteiger partial charge in [-0.25, -0.2) is 13.6 Å². The Morgan fingerprint density at radius 3 is 2.30 bits per heavy atom. The molecule has 11 heteroatoms. The van der Waals surface area contributed by atoms with Crippen LogP contribution in [-0.2, 0) is 19.6 Å². The van der Waals surface area contributed by atoms with Gasteiger partial charge in [-0.15, -0.1) is 0 Å². The van der Waals surface area contributed by atoms with E-state index in [2.05, 4.69) is 15.9 Å². The molecule has 3 aliphatic heterocycles. The number of hydroxylamine groups is 2. The van der Waals surface area contributed by atoms with E-state index in [-0.39, 0.29) is 17.1 Å². The first-order valence-corrected chi connectivity index (χ1v) is 12.8. The first kappa shape index (κ1) is 23.9. The maximum atomic E-state index is 11.6. The first-order chi connectivity index (χ1) is 15.8. The molecule has 1 aromatic rings. The van der Waals surface area contributed by atoms with E-state index in [9.17, 15) is 8.42 Å². The van der Waals surface area contributed by atoms with Gasteiger partial charge < -0.3 is 9.47 Å². The predicted octanol–water partition coefficient (Wildman–Crippen LogP) is 0.478. The molecule has 4 rings (SSSR count). The highest BCUT2D eigenvalue weighted by Crippen LogP contribution is 2.23. The Morgan fingerprint density at radius 1 is 1.09 bits per heavy atom. The van der Waals surface area contributed by atoms with E-state index in [1.807, 2.05) is 12.1 Å². The number of rotatable bonds is 9. The molecule has 3 unspecified atom stereocenters. The number of ether oxygens (including phenoxy) is 2. The summed E-state index contributed by atoms with van der Waals surface area (Å²) in [6.45, 7) is 8.04. The van der Waals surface area contributed by atoms with Crippen LogP contribution in [0.2, 0.25) is 0 Å². The molecule has 2 fully saturated rings. The lowest BCUT2D eigenvalue weighted by Crippen LogP contribution is -2.60. The zero-order chi connectivity index (χ0) is 23.4. The minimum atomic E-state index is -3.74. The summed E-state index contributed by atoms with van der Waals surface area (Å²) in [6.07, 6.45) is 2.17. The summed E-state index contributed by atoms with van der Waals surface area (Å²) in [6, 6.07) is 9.27. The summed E-state index contributed by atoms with van der Waals surface area (Å²) < 4.78 is 35.1. The second-order valence-electron chi connectivity index (χ2n) is 8.70. The van der Waals surface area contributed by atoms with Crippen molar-refractivity contribution < 1.29 is 22.7 Å². The van der Waals surface area contributed by atoms with Crippen LogP contribution < -0.4 is 9.88 Å². The monoisotopic (exact) mass is 477 g/mol. The highest BCUT2D eigenvalue weighted by Gasteiger charge is 2.35. The third-order valence-electron chi connectivity index (χ3n) is 6.03. The maximum Gasteiger partial charge on any atom is 0.238 e. The molecule has 1 aromatic carbocycles. The molecule has 0 aliphatic carbocycles. The number of hydrogen-bond acceptors (Lipinski definition) is 9. The van der Waals surface area contributed by atoms with Gasteiger partial charge >= 0.3 is 0 Å². The SMILES string of the molecule is CC1ON(CCN2CC3CN(CCCOc4ccc(C#N)cc4)CC(C2)O3)C=C1S(N)(=O)=O. The largest absolute Gasteiger partial charge is 0.494 e. The van der Waals surface area contributed by atoms with Gasteiger partial charge in [0.1, 0.15) is 16.8 Å². The second-order valence-corrected chi connectivity index (χ2v) is 10.3.